The number of hydrogen-bond donors (Lipinski definition) is 2. The van der Waals surface area contributed by atoms with E-state index in [9.17, 15) is 4.79 Å². The van der Waals surface area contributed by atoms with E-state index in [2.05, 4.69) is 29.7 Å². The van der Waals surface area contributed by atoms with Crippen molar-refractivity contribution in [1.82, 2.24) is 10.6 Å². The van der Waals surface area contributed by atoms with Gasteiger partial charge in [-0.1, -0.05) is 6.92 Å². The molecule has 2 aliphatic rings. The highest BCUT2D eigenvalue weighted by molar-refractivity contribution is 5.76. The van der Waals surface area contributed by atoms with Gasteiger partial charge in [-0.2, -0.15) is 0 Å². The Morgan fingerprint density at radius 3 is 2.90 bits per heavy atom. The zero-order chi connectivity index (χ0) is 13.9. The summed E-state index contributed by atoms with van der Waals surface area (Å²) in [6.45, 7) is 3.87. The monoisotopic (exact) mass is 276 g/mol. The number of nitrogens with one attached hydrogen (secondary N) is 2. The van der Waals surface area contributed by atoms with Crippen molar-refractivity contribution in [2.45, 2.75) is 57.5 Å². The second-order valence-electron chi connectivity index (χ2n) is 6.25. The predicted octanol–water partition coefficient (Wildman–Crippen LogP) is 2.55. The van der Waals surface area contributed by atoms with Crippen LogP contribution in [0.2, 0.25) is 0 Å². The molecule has 0 radical (unpaired) electrons. The number of carbonyl (C=O) groups is 1. The number of carbonyl (C=O) groups excluding carboxylic acids is 1. The molecule has 1 amide bonds. The van der Waals surface area contributed by atoms with Crippen LogP contribution < -0.4 is 10.6 Å². The molecule has 1 heterocycles. The van der Waals surface area contributed by atoms with Gasteiger partial charge in [-0.3, -0.25) is 4.79 Å². The molecule has 2 N–H and O–H groups in total. The lowest BCUT2D eigenvalue weighted by Crippen LogP contribution is -2.26. The average molecular weight is 276 g/mol. The Kier molecular flexibility index (Phi) is 4.10. The van der Waals surface area contributed by atoms with Gasteiger partial charge in [0.2, 0.25) is 5.91 Å². The third-order valence-electron chi connectivity index (χ3n) is 4.16. The van der Waals surface area contributed by atoms with E-state index >= 15 is 0 Å². The van der Waals surface area contributed by atoms with E-state index < -0.39 is 0 Å². The first-order valence-corrected chi connectivity index (χ1v) is 7.81. The van der Waals surface area contributed by atoms with E-state index in [1.165, 1.54) is 6.42 Å². The maximum atomic E-state index is 11.5. The summed E-state index contributed by atoms with van der Waals surface area (Å²) < 4.78 is 5.82. The van der Waals surface area contributed by atoms with Crippen LogP contribution in [-0.2, 0) is 11.3 Å². The average Bonchev–Trinajstić information content (AvgIpc) is 3.32. The number of amides is 1. The summed E-state index contributed by atoms with van der Waals surface area (Å²) in [4.78, 5) is 11.5. The Balaban J connectivity index is 1.27. The molecule has 0 spiro atoms. The van der Waals surface area contributed by atoms with Crippen LogP contribution in [0.3, 0.4) is 0 Å². The van der Waals surface area contributed by atoms with Crippen LogP contribution in [0.15, 0.2) is 16.5 Å². The second kappa shape index (κ2) is 6.00. The Labute approximate surface area is 120 Å². The lowest BCUT2D eigenvalue weighted by Gasteiger charge is -2.04. The molecule has 0 aliphatic heterocycles. The van der Waals surface area contributed by atoms with Gasteiger partial charge in [-0.05, 0) is 50.3 Å². The Morgan fingerprint density at radius 1 is 1.40 bits per heavy atom. The van der Waals surface area contributed by atoms with E-state index in [0.29, 0.717) is 18.4 Å². The standard InChI is InChI=1S/C16H24N2O2/c1-11-9-14(11)15-7-6-13(20-15)10-17-8-2-3-16(19)18-12-4-5-12/h6-7,11-12,14,17H,2-5,8-10H2,1H3,(H,18,19). The maximum Gasteiger partial charge on any atom is 0.220 e. The number of hydrogen-bond acceptors (Lipinski definition) is 3. The fourth-order valence-corrected chi connectivity index (χ4v) is 2.52. The highest BCUT2D eigenvalue weighted by Crippen LogP contribution is 2.47. The molecule has 2 unspecified atom stereocenters. The van der Waals surface area contributed by atoms with Gasteiger partial charge in [0.25, 0.3) is 0 Å². The Morgan fingerprint density at radius 2 is 2.20 bits per heavy atom. The van der Waals surface area contributed by atoms with Crippen LogP contribution in [-0.4, -0.2) is 18.5 Å². The summed E-state index contributed by atoms with van der Waals surface area (Å²) in [7, 11) is 0. The molecule has 1 aromatic heterocycles. The van der Waals surface area contributed by atoms with Crippen molar-refractivity contribution in [3.8, 4) is 0 Å². The van der Waals surface area contributed by atoms with Crippen molar-refractivity contribution in [3.63, 3.8) is 0 Å². The van der Waals surface area contributed by atoms with Crippen LogP contribution in [0.25, 0.3) is 0 Å². The van der Waals surface area contributed by atoms with Gasteiger partial charge in [-0.15, -0.1) is 0 Å². The fraction of sp³-hybridized carbons (Fsp3) is 0.688. The lowest BCUT2D eigenvalue weighted by atomic mass is 10.3. The van der Waals surface area contributed by atoms with Crippen molar-refractivity contribution >= 4 is 5.91 Å². The van der Waals surface area contributed by atoms with Crippen molar-refractivity contribution in [1.29, 1.82) is 0 Å². The molecule has 0 bridgehead atoms. The molecule has 3 rings (SSSR count). The minimum absolute atomic E-state index is 0.192. The third kappa shape index (κ3) is 3.85. The molecule has 0 saturated heterocycles. The van der Waals surface area contributed by atoms with Crippen molar-refractivity contribution in [2.24, 2.45) is 5.92 Å². The van der Waals surface area contributed by atoms with E-state index in [-0.39, 0.29) is 5.91 Å². The Bertz CT molecular complexity index is 465. The first kappa shape index (κ1) is 13.7. The normalized spacial score (nSPS) is 24.6. The molecule has 0 aromatic carbocycles. The molecule has 4 nitrogen and oxygen atoms in total. The molecule has 2 atom stereocenters. The third-order valence-corrected chi connectivity index (χ3v) is 4.16. The zero-order valence-electron chi connectivity index (χ0n) is 12.2. The van der Waals surface area contributed by atoms with E-state index in [4.69, 9.17) is 4.42 Å². The first-order chi connectivity index (χ1) is 9.72. The minimum Gasteiger partial charge on any atom is -0.464 e. The lowest BCUT2D eigenvalue weighted by molar-refractivity contribution is -0.121. The summed E-state index contributed by atoms with van der Waals surface area (Å²) in [5.74, 6) is 3.76. The van der Waals surface area contributed by atoms with Crippen LogP contribution in [0.4, 0.5) is 0 Å². The van der Waals surface area contributed by atoms with Gasteiger partial charge < -0.3 is 15.1 Å². The SMILES string of the molecule is CC1CC1c1ccc(CNCCCC(=O)NC2CC2)o1. The van der Waals surface area contributed by atoms with Crippen molar-refractivity contribution < 1.29 is 9.21 Å². The van der Waals surface area contributed by atoms with Gasteiger partial charge >= 0.3 is 0 Å². The molecular weight excluding hydrogens is 252 g/mol. The van der Waals surface area contributed by atoms with Gasteiger partial charge in [-0.25, -0.2) is 0 Å². The molecule has 20 heavy (non-hydrogen) atoms. The van der Waals surface area contributed by atoms with Gasteiger partial charge in [0.1, 0.15) is 11.5 Å². The summed E-state index contributed by atoms with van der Waals surface area (Å²) >= 11 is 0. The first-order valence-electron chi connectivity index (χ1n) is 7.81. The molecule has 4 heteroatoms. The van der Waals surface area contributed by atoms with Gasteiger partial charge in [0.05, 0.1) is 6.54 Å². The van der Waals surface area contributed by atoms with Gasteiger partial charge in [0, 0.05) is 18.4 Å². The molecule has 2 saturated carbocycles. The van der Waals surface area contributed by atoms with Crippen molar-refractivity contribution in [3.05, 3.63) is 23.7 Å². The van der Waals surface area contributed by atoms with Crippen molar-refractivity contribution in [2.75, 3.05) is 6.54 Å². The molecule has 110 valence electrons. The highest BCUT2D eigenvalue weighted by Gasteiger charge is 2.36. The summed E-state index contributed by atoms with van der Waals surface area (Å²) in [6.07, 6.45) is 5.07. The highest BCUT2D eigenvalue weighted by atomic mass is 16.3. The maximum absolute atomic E-state index is 11.5. The van der Waals surface area contributed by atoms with Crippen LogP contribution in [0.5, 0.6) is 0 Å². The van der Waals surface area contributed by atoms with Gasteiger partial charge in [0.15, 0.2) is 0 Å². The smallest absolute Gasteiger partial charge is 0.220 e. The van der Waals surface area contributed by atoms with Crippen LogP contribution >= 0.6 is 0 Å². The second-order valence-corrected chi connectivity index (χ2v) is 6.25. The quantitative estimate of drug-likeness (QED) is 0.717. The minimum atomic E-state index is 0.192. The number of rotatable bonds is 8. The number of furan rings is 1. The largest absolute Gasteiger partial charge is 0.464 e. The van der Waals surface area contributed by atoms with E-state index in [1.807, 2.05) is 0 Å². The van der Waals surface area contributed by atoms with Crippen LogP contribution in [0, 0.1) is 5.92 Å². The molecule has 1 aromatic rings. The molecular formula is C16H24N2O2. The summed E-state index contributed by atoms with van der Waals surface area (Å²) in [6, 6.07) is 4.64. The Hall–Kier alpha value is -1.29. The predicted molar refractivity (Wildman–Crippen MR) is 77.3 cm³/mol. The summed E-state index contributed by atoms with van der Waals surface area (Å²) in [5, 5.41) is 6.34. The summed E-state index contributed by atoms with van der Waals surface area (Å²) in [5.41, 5.74) is 0. The zero-order valence-corrected chi connectivity index (χ0v) is 12.2. The molecule has 2 aliphatic carbocycles. The van der Waals surface area contributed by atoms with Crippen LogP contribution in [0.1, 0.15) is 56.5 Å². The topological polar surface area (TPSA) is 54.3 Å². The van der Waals surface area contributed by atoms with E-state index in [1.54, 1.807) is 0 Å². The van der Waals surface area contributed by atoms with E-state index in [0.717, 1.165) is 49.8 Å². The fourth-order valence-electron chi connectivity index (χ4n) is 2.52. The molecule has 2 fully saturated rings.